The average molecular weight is 497 g/mol. The van der Waals surface area contributed by atoms with Crippen LogP contribution in [0.1, 0.15) is 21.5 Å². The molecule has 0 unspecified atom stereocenters. The van der Waals surface area contributed by atoms with Crippen LogP contribution >= 0.6 is 24.0 Å². The molecule has 1 amide bonds. The summed E-state index contributed by atoms with van der Waals surface area (Å²) in [7, 11) is 0. The van der Waals surface area contributed by atoms with Crippen molar-refractivity contribution in [1.29, 1.82) is 0 Å². The number of benzene rings is 3. The van der Waals surface area contributed by atoms with Gasteiger partial charge in [-0.3, -0.25) is 14.7 Å². The standard InChI is InChI=1S/C28H20N2O3S2/c31-26-25(35-28(34)30(26)13-12-18-8-10-20(11-9-18)27(32)33)15-19-4-3-6-21(14-19)23-16-22-5-1-2-7-24(22)29-17-23/h1-11,14-17H,12-13H2,(H,32,33). The number of carbonyl (C=O) groups is 2. The van der Waals surface area contributed by atoms with Crippen LogP contribution in [0.5, 0.6) is 0 Å². The summed E-state index contributed by atoms with van der Waals surface area (Å²) in [6.07, 6.45) is 4.33. The van der Waals surface area contributed by atoms with Gasteiger partial charge in [0.25, 0.3) is 5.91 Å². The Kier molecular flexibility index (Phi) is 6.44. The van der Waals surface area contributed by atoms with Crippen LogP contribution in [0.15, 0.2) is 90.0 Å². The predicted octanol–water partition coefficient (Wildman–Crippen LogP) is 6.04. The van der Waals surface area contributed by atoms with Crippen molar-refractivity contribution in [2.75, 3.05) is 6.54 Å². The average Bonchev–Trinajstić information content (AvgIpc) is 3.14. The number of aromatic carboxylic acids is 1. The van der Waals surface area contributed by atoms with Crippen LogP contribution in [0.25, 0.3) is 28.1 Å². The Morgan fingerprint density at radius 1 is 1.00 bits per heavy atom. The van der Waals surface area contributed by atoms with Gasteiger partial charge in [-0.1, -0.05) is 72.5 Å². The first kappa shape index (κ1) is 23.0. The van der Waals surface area contributed by atoms with Gasteiger partial charge in [0.1, 0.15) is 4.32 Å². The Hall–Kier alpha value is -3.81. The van der Waals surface area contributed by atoms with Crippen LogP contribution in [-0.4, -0.2) is 37.7 Å². The molecule has 1 fully saturated rings. The maximum absolute atomic E-state index is 13.0. The highest BCUT2D eigenvalue weighted by Gasteiger charge is 2.31. The van der Waals surface area contributed by atoms with Crippen LogP contribution < -0.4 is 0 Å². The minimum atomic E-state index is -0.959. The van der Waals surface area contributed by atoms with Gasteiger partial charge in [0.15, 0.2) is 0 Å². The van der Waals surface area contributed by atoms with Gasteiger partial charge in [0.2, 0.25) is 0 Å². The number of hydrogen-bond acceptors (Lipinski definition) is 5. The number of para-hydroxylation sites is 1. The summed E-state index contributed by atoms with van der Waals surface area (Å²) in [6.45, 7) is 0.442. The number of rotatable bonds is 6. The smallest absolute Gasteiger partial charge is 0.335 e. The predicted molar refractivity (Wildman–Crippen MR) is 144 cm³/mol. The Morgan fingerprint density at radius 3 is 2.60 bits per heavy atom. The molecule has 5 nitrogen and oxygen atoms in total. The fraction of sp³-hybridized carbons (Fsp3) is 0.0714. The first-order chi connectivity index (χ1) is 17.0. The van der Waals surface area contributed by atoms with Gasteiger partial charge >= 0.3 is 5.97 Å². The van der Waals surface area contributed by atoms with E-state index in [-0.39, 0.29) is 11.5 Å². The van der Waals surface area contributed by atoms with Crippen molar-refractivity contribution in [2.24, 2.45) is 0 Å². The second-order valence-electron chi connectivity index (χ2n) is 8.13. The molecular formula is C28H20N2O3S2. The monoisotopic (exact) mass is 496 g/mol. The van der Waals surface area contributed by atoms with Crippen LogP contribution in [0.3, 0.4) is 0 Å². The van der Waals surface area contributed by atoms with Crippen molar-refractivity contribution in [3.8, 4) is 11.1 Å². The molecule has 172 valence electrons. The third-order valence-corrected chi connectivity index (χ3v) is 7.18. The van der Waals surface area contributed by atoms with Gasteiger partial charge in [-0.05, 0) is 59.5 Å². The van der Waals surface area contributed by atoms with E-state index in [0.717, 1.165) is 33.2 Å². The first-order valence-corrected chi connectivity index (χ1v) is 12.2. The summed E-state index contributed by atoms with van der Waals surface area (Å²) in [5.74, 6) is -1.07. The molecule has 1 N–H and O–H groups in total. The largest absolute Gasteiger partial charge is 0.478 e. The molecule has 35 heavy (non-hydrogen) atoms. The number of aromatic nitrogens is 1. The zero-order valence-electron chi connectivity index (χ0n) is 18.5. The summed E-state index contributed by atoms with van der Waals surface area (Å²) in [5, 5.41) is 10.1. The molecule has 3 aromatic carbocycles. The van der Waals surface area contributed by atoms with Crippen molar-refractivity contribution < 1.29 is 14.7 Å². The minimum Gasteiger partial charge on any atom is -0.478 e. The molecule has 1 aliphatic rings. The van der Waals surface area contributed by atoms with Gasteiger partial charge in [-0.25, -0.2) is 4.79 Å². The van der Waals surface area contributed by atoms with Crippen LogP contribution in [0, 0.1) is 0 Å². The van der Waals surface area contributed by atoms with E-state index < -0.39 is 5.97 Å². The van der Waals surface area contributed by atoms with E-state index in [1.165, 1.54) is 11.8 Å². The zero-order valence-corrected chi connectivity index (χ0v) is 20.2. The highest BCUT2D eigenvalue weighted by Crippen LogP contribution is 2.33. The summed E-state index contributed by atoms with van der Waals surface area (Å²) in [6, 6.07) is 24.8. The molecule has 0 aliphatic carbocycles. The van der Waals surface area contributed by atoms with Gasteiger partial charge in [-0.15, -0.1) is 0 Å². The molecule has 4 aromatic rings. The normalized spacial score (nSPS) is 14.7. The molecule has 1 aromatic heterocycles. The molecule has 0 saturated carbocycles. The van der Waals surface area contributed by atoms with Crippen LogP contribution in [-0.2, 0) is 11.2 Å². The lowest BCUT2D eigenvalue weighted by atomic mass is 10.0. The molecule has 2 heterocycles. The van der Waals surface area contributed by atoms with E-state index in [0.29, 0.717) is 22.2 Å². The van der Waals surface area contributed by atoms with Gasteiger partial charge in [0, 0.05) is 23.7 Å². The Labute approximate surface area is 212 Å². The summed E-state index contributed by atoms with van der Waals surface area (Å²) < 4.78 is 0.526. The van der Waals surface area contributed by atoms with Gasteiger partial charge in [-0.2, -0.15) is 0 Å². The maximum atomic E-state index is 13.0. The number of pyridine rings is 1. The third kappa shape index (κ3) is 5.01. The van der Waals surface area contributed by atoms with E-state index in [1.54, 1.807) is 29.2 Å². The molecular weight excluding hydrogens is 476 g/mol. The number of carboxylic acid groups (broad SMARTS) is 1. The highest BCUT2D eigenvalue weighted by molar-refractivity contribution is 8.26. The number of fused-ring (bicyclic) bond motifs is 1. The molecule has 0 bridgehead atoms. The summed E-state index contributed by atoms with van der Waals surface area (Å²) in [5.41, 5.74) is 5.10. The number of thiocarbonyl (C=S) groups is 1. The van der Waals surface area contributed by atoms with E-state index in [4.69, 9.17) is 17.3 Å². The second kappa shape index (κ2) is 9.82. The number of carboxylic acids is 1. The van der Waals surface area contributed by atoms with Crippen molar-refractivity contribution in [3.63, 3.8) is 0 Å². The number of amides is 1. The Bertz CT molecular complexity index is 1500. The van der Waals surface area contributed by atoms with Crippen LogP contribution in [0.2, 0.25) is 0 Å². The number of nitrogens with zero attached hydrogens (tertiary/aromatic N) is 2. The second-order valence-corrected chi connectivity index (χ2v) is 9.80. The van der Waals surface area contributed by atoms with Crippen molar-refractivity contribution >= 4 is 57.2 Å². The quantitative estimate of drug-likeness (QED) is 0.259. The highest BCUT2D eigenvalue weighted by atomic mass is 32.2. The molecule has 1 saturated heterocycles. The minimum absolute atomic E-state index is 0.111. The molecule has 0 spiro atoms. The lowest BCUT2D eigenvalue weighted by molar-refractivity contribution is -0.122. The molecule has 0 radical (unpaired) electrons. The fourth-order valence-corrected chi connectivity index (χ4v) is 5.24. The topological polar surface area (TPSA) is 70.5 Å². The van der Waals surface area contributed by atoms with Gasteiger partial charge in [0.05, 0.1) is 16.0 Å². The van der Waals surface area contributed by atoms with Crippen LogP contribution in [0.4, 0.5) is 0 Å². The number of hydrogen-bond donors (Lipinski definition) is 1. The zero-order chi connectivity index (χ0) is 24.4. The Balaban J connectivity index is 1.32. The lowest BCUT2D eigenvalue weighted by Crippen LogP contribution is -2.30. The third-order valence-electron chi connectivity index (χ3n) is 5.81. The maximum Gasteiger partial charge on any atom is 0.335 e. The molecule has 5 rings (SSSR count). The van der Waals surface area contributed by atoms with Crippen molar-refractivity contribution in [3.05, 3.63) is 107 Å². The summed E-state index contributed by atoms with van der Waals surface area (Å²) in [4.78, 5) is 30.8. The number of thioether (sulfide) groups is 1. The fourth-order valence-electron chi connectivity index (χ4n) is 3.94. The van der Waals surface area contributed by atoms with E-state index >= 15 is 0 Å². The molecule has 1 aliphatic heterocycles. The number of carbonyl (C=O) groups excluding carboxylic acids is 1. The van der Waals surface area contributed by atoms with E-state index in [9.17, 15) is 9.59 Å². The summed E-state index contributed by atoms with van der Waals surface area (Å²) >= 11 is 6.77. The van der Waals surface area contributed by atoms with E-state index in [1.807, 2.05) is 60.8 Å². The van der Waals surface area contributed by atoms with Gasteiger partial charge < -0.3 is 5.11 Å². The first-order valence-electron chi connectivity index (χ1n) is 11.0. The van der Waals surface area contributed by atoms with E-state index in [2.05, 4.69) is 11.1 Å². The Morgan fingerprint density at radius 2 is 1.80 bits per heavy atom. The lowest BCUT2D eigenvalue weighted by Gasteiger charge is -2.14. The molecule has 0 atom stereocenters. The SMILES string of the molecule is O=C(O)c1ccc(CCN2C(=O)C(=Cc3cccc(-c4cnc5ccccc5c4)c3)SC2=S)cc1. The van der Waals surface area contributed by atoms with Crippen molar-refractivity contribution in [2.45, 2.75) is 6.42 Å². The molecule has 7 heteroatoms. The van der Waals surface area contributed by atoms with Crippen molar-refractivity contribution in [1.82, 2.24) is 9.88 Å².